The van der Waals surface area contributed by atoms with Crippen LogP contribution in [0.1, 0.15) is 78.3 Å². The molecule has 0 unspecified atom stereocenters. The van der Waals surface area contributed by atoms with Crippen LogP contribution in [0.2, 0.25) is 0 Å². The second-order valence-electron chi connectivity index (χ2n) is 14.5. The van der Waals surface area contributed by atoms with Gasteiger partial charge in [-0.1, -0.05) is 19.9 Å². The first kappa shape index (κ1) is 35.9. The summed E-state index contributed by atoms with van der Waals surface area (Å²) in [6, 6.07) is 8.91. The number of halogens is 2. The molecule has 2 fully saturated rings. The summed E-state index contributed by atoms with van der Waals surface area (Å²) < 4.78 is 29.8. The van der Waals surface area contributed by atoms with Gasteiger partial charge in [0.25, 0.3) is 5.91 Å². The number of carboxylic acid groups (broad SMARTS) is 1. The number of aliphatic carboxylic acids is 1. The maximum absolute atomic E-state index is 15.7. The van der Waals surface area contributed by atoms with Crippen molar-refractivity contribution in [3.63, 3.8) is 0 Å². The highest BCUT2D eigenvalue weighted by molar-refractivity contribution is 5.96. The van der Waals surface area contributed by atoms with Gasteiger partial charge in [-0.2, -0.15) is 0 Å². The van der Waals surface area contributed by atoms with Gasteiger partial charge in [-0.3, -0.25) is 14.4 Å². The van der Waals surface area contributed by atoms with E-state index in [-0.39, 0.29) is 29.2 Å². The van der Waals surface area contributed by atoms with E-state index in [0.29, 0.717) is 33.5 Å². The Hall–Kier alpha value is -4.38. The van der Waals surface area contributed by atoms with Gasteiger partial charge in [0.05, 0.1) is 12.5 Å². The third-order valence-electron chi connectivity index (χ3n) is 9.79. The molecule has 2 saturated heterocycles. The van der Waals surface area contributed by atoms with Gasteiger partial charge in [-0.15, -0.1) is 0 Å². The Morgan fingerprint density at radius 2 is 1.61 bits per heavy atom. The summed E-state index contributed by atoms with van der Waals surface area (Å²) in [4.78, 5) is 48.5. The van der Waals surface area contributed by atoms with Crippen LogP contribution in [0.5, 0.6) is 0 Å². The molecule has 1 spiro atoms. The molecule has 262 valence electrons. The number of hydrogen-bond donors (Lipinski definition) is 3. The molecule has 0 saturated carbocycles. The molecule has 3 heterocycles. The van der Waals surface area contributed by atoms with Crippen molar-refractivity contribution in [2.24, 2.45) is 11.3 Å². The quantitative estimate of drug-likeness (QED) is 0.230. The fraction of sp³-hybridized carbons (Fsp3) is 0.474. The molecule has 11 heteroatoms. The molecule has 0 aliphatic carbocycles. The molecule has 3 N–H and O–H groups in total. The van der Waals surface area contributed by atoms with Crippen LogP contribution in [-0.2, 0) is 9.59 Å². The summed E-state index contributed by atoms with van der Waals surface area (Å²) in [6.45, 7) is 12.8. The first-order valence-electron chi connectivity index (χ1n) is 17.0. The van der Waals surface area contributed by atoms with Gasteiger partial charge < -0.3 is 25.5 Å². The van der Waals surface area contributed by atoms with Crippen molar-refractivity contribution in [2.45, 2.75) is 72.4 Å². The van der Waals surface area contributed by atoms with Crippen molar-refractivity contribution >= 4 is 23.6 Å². The Morgan fingerprint density at radius 3 is 2.20 bits per heavy atom. The van der Waals surface area contributed by atoms with E-state index in [0.717, 1.165) is 39.0 Å². The Bertz CT molecular complexity index is 1710. The Kier molecular flexibility index (Phi) is 10.7. The van der Waals surface area contributed by atoms with E-state index in [1.54, 1.807) is 39.0 Å². The standard InChI is InChI=1S/C38H47F2N5O4/c1-22(2)14-31(43-36(48)29-8-7-9-32(41-29)45-12-10-38(11-13-45)20-44(6)21-38)37(49)42-30(19-33(46)47)28-18-26(15-25(5)35(28)40)34-23(3)16-27(39)17-24(34)4/h7-9,15-18,22,30-31H,10-14,19-21H2,1-6H3,(H,42,49)(H,43,48)(H,46,47)/t30-,31-/m0/s1. The summed E-state index contributed by atoms with van der Waals surface area (Å²) >= 11 is 0. The average molecular weight is 676 g/mol. The Morgan fingerprint density at radius 1 is 0.959 bits per heavy atom. The first-order valence-corrected chi connectivity index (χ1v) is 17.0. The van der Waals surface area contributed by atoms with Crippen molar-refractivity contribution in [3.05, 3.63) is 82.0 Å². The smallest absolute Gasteiger partial charge is 0.305 e. The van der Waals surface area contributed by atoms with Gasteiger partial charge >= 0.3 is 5.97 Å². The number of hydrogen-bond acceptors (Lipinski definition) is 6. The van der Waals surface area contributed by atoms with Crippen LogP contribution >= 0.6 is 0 Å². The van der Waals surface area contributed by atoms with Crippen molar-refractivity contribution in [3.8, 4) is 11.1 Å². The number of aryl methyl sites for hydroxylation is 3. The number of carbonyl (C=O) groups is 3. The number of pyridine rings is 1. The number of amides is 2. The molecule has 2 aliphatic rings. The normalized spacial score (nSPS) is 17.0. The lowest BCUT2D eigenvalue weighted by Crippen LogP contribution is -2.58. The summed E-state index contributed by atoms with van der Waals surface area (Å²) in [6.07, 6.45) is 1.80. The monoisotopic (exact) mass is 675 g/mol. The summed E-state index contributed by atoms with van der Waals surface area (Å²) in [5.74, 6) is -2.74. The summed E-state index contributed by atoms with van der Waals surface area (Å²) in [7, 11) is 2.13. The number of anilines is 1. The van der Waals surface area contributed by atoms with E-state index in [1.165, 1.54) is 18.2 Å². The highest BCUT2D eigenvalue weighted by atomic mass is 19.1. The number of aromatic nitrogens is 1. The molecule has 0 radical (unpaired) electrons. The van der Waals surface area contributed by atoms with Gasteiger partial charge in [0, 0.05) is 31.7 Å². The maximum Gasteiger partial charge on any atom is 0.305 e. The Labute approximate surface area is 287 Å². The second kappa shape index (κ2) is 14.6. The largest absolute Gasteiger partial charge is 0.481 e. The molecule has 9 nitrogen and oxygen atoms in total. The third kappa shape index (κ3) is 8.26. The molecular weight excluding hydrogens is 628 g/mol. The number of nitrogens with one attached hydrogen (secondary N) is 2. The van der Waals surface area contributed by atoms with Crippen molar-refractivity contribution < 1.29 is 28.3 Å². The second-order valence-corrected chi connectivity index (χ2v) is 14.5. The molecule has 2 aliphatic heterocycles. The van der Waals surface area contributed by atoms with Crippen LogP contribution in [0.3, 0.4) is 0 Å². The molecule has 0 bridgehead atoms. The molecule has 5 rings (SSSR count). The number of carboxylic acids is 1. The zero-order chi connectivity index (χ0) is 35.6. The number of piperidine rings is 1. The lowest BCUT2D eigenvalue weighted by molar-refractivity contribution is -0.137. The lowest BCUT2D eigenvalue weighted by atomic mass is 9.72. The number of benzene rings is 2. The highest BCUT2D eigenvalue weighted by Gasteiger charge is 2.43. The van der Waals surface area contributed by atoms with Crippen LogP contribution in [0, 0.1) is 43.7 Å². The summed E-state index contributed by atoms with van der Waals surface area (Å²) in [5, 5.41) is 15.3. The van der Waals surface area contributed by atoms with E-state index < -0.39 is 47.9 Å². The number of carbonyl (C=O) groups excluding carboxylic acids is 2. The number of likely N-dealkylation sites (tertiary alicyclic amines) is 1. The first-order chi connectivity index (χ1) is 23.1. The van der Waals surface area contributed by atoms with E-state index in [2.05, 4.69) is 32.5 Å². The topological polar surface area (TPSA) is 115 Å². The number of nitrogens with zero attached hydrogens (tertiary/aromatic N) is 3. The van der Waals surface area contributed by atoms with Crippen LogP contribution in [-0.4, -0.2) is 72.0 Å². The van der Waals surface area contributed by atoms with Crippen LogP contribution in [0.4, 0.5) is 14.6 Å². The zero-order valence-corrected chi connectivity index (χ0v) is 29.2. The zero-order valence-electron chi connectivity index (χ0n) is 29.2. The molecule has 49 heavy (non-hydrogen) atoms. The molecule has 2 atom stereocenters. The molecule has 3 aromatic rings. The van der Waals surface area contributed by atoms with Gasteiger partial charge in [0.2, 0.25) is 5.91 Å². The molecule has 2 amide bonds. The van der Waals surface area contributed by atoms with Crippen LogP contribution in [0.15, 0.2) is 42.5 Å². The van der Waals surface area contributed by atoms with Crippen molar-refractivity contribution in [2.75, 3.05) is 38.1 Å². The average Bonchev–Trinajstić information content (AvgIpc) is 3.00. The minimum atomic E-state index is -1.24. The van der Waals surface area contributed by atoms with Crippen molar-refractivity contribution in [1.29, 1.82) is 0 Å². The third-order valence-corrected chi connectivity index (χ3v) is 9.79. The van der Waals surface area contributed by atoms with Gasteiger partial charge in [0.1, 0.15) is 29.2 Å². The predicted molar refractivity (Wildman–Crippen MR) is 185 cm³/mol. The Balaban J connectivity index is 1.36. The molecule has 2 aromatic carbocycles. The van der Waals surface area contributed by atoms with Gasteiger partial charge in [0.15, 0.2) is 0 Å². The van der Waals surface area contributed by atoms with E-state index in [1.807, 2.05) is 19.9 Å². The predicted octanol–water partition coefficient (Wildman–Crippen LogP) is 5.96. The fourth-order valence-electron chi connectivity index (χ4n) is 7.53. The maximum atomic E-state index is 15.7. The van der Waals surface area contributed by atoms with Crippen molar-refractivity contribution in [1.82, 2.24) is 20.5 Å². The van der Waals surface area contributed by atoms with E-state index in [9.17, 15) is 23.9 Å². The fourth-order valence-corrected chi connectivity index (χ4v) is 7.53. The van der Waals surface area contributed by atoms with E-state index >= 15 is 4.39 Å². The van der Waals surface area contributed by atoms with Gasteiger partial charge in [-0.25, -0.2) is 13.8 Å². The minimum Gasteiger partial charge on any atom is -0.481 e. The highest BCUT2D eigenvalue weighted by Crippen LogP contribution is 2.40. The van der Waals surface area contributed by atoms with Crippen LogP contribution in [0.25, 0.3) is 11.1 Å². The number of rotatable bonds is 11. The minimum absolute atomic E-state index is 0.00489. The van der Waals surface area contributed by atoms with Crippen LogP contribution < -0.4 is 15.5 Å². The summed E-state index contributed by atoms with van der Waals surface area (Å²) in [5.41, 5.74) is 3.35. The van der Waals surface area contributed by atoms with E-state index in [4.69, 9.17) is 0 Å². The van der Waals surface area contributed by atoms with Gasteiger partial charge in [-0.05, 0) is 123 Å². The SMILES string of the molecule is Cc1cc(-c2c(C)cc(F)cc2C)cc([C@H](CC(=O)O)NC(=O)[C@H](CC(C)C)NC(=O)c2cccc(N3CCC4(CC3)CN(C)C4)n2)c1F. The molecule has 1 aromatic heterocycles. The molecular formula is C38H47F2N5O4. The lowest BCUT2D eigenvalue weighted by Gasteiger charge is -2.53.